The van der Waals surface area contributed by atoms with Gasteiger partial charge in [-0.3, -0.25) is 19.4 Å². The van der Waals surface area contributed by atoms with Gasteiger partial charge in [-0.05, 0) is 48.6 Å². The highest BCUT2D eigenvalue weighted by Crippen LogP contribution is 2.38. The third-order valence-corrected chi connectivity index (χ3v) is 7.88. The number of rotatable bonds is 7. The predicted molar refractivity (Wildman–Crippen MR) is 146 cm³/mol. The summed E-state index contributed by atoms with van der Waals surface area (Å²) in [7, 11) is 0. The van der Waals surface area contributed by atoms with E-state index in [1.165, 1.54) is 0 Å². The fraction of sp³-hybridized carbons (Fsp3) is 0.393. The lowest BCUT2D eigenvalue weighted by Gasteiger charge is -2.39. The van der Waals surface area contributed by atoms with Crippen molar-refractivity contribution in [2.24, 2.45) is 5.73 Å². The lowest BCUT2D eigenvalue weighted by Crippen LogP contribution is -2.49. The topological polar surface area (TPSA) is 156 Å². The molecule has 0 unspecified atom stereocenters. The van der Waals surface area contributed by atoms with E-state index in [9.17, 15) is 19.6 Å². The quantitative estimate of drug-likeness (QED) is 0.454. The molecule has 12 nitrogen and oxygen atoms in total. The van der Waals surface area contributed by atoms with Crippen LogP contribution in [0.3, 0.4) is 0 Å². The highest BCUT2D eigenvalue weighted by molar-refractivity contribution is 5.95. The largest absolute Gasteiger partial charge is 0.480 e. The van der Waals surface area contributed by atoms with Crippen molar-refractivity contribution in [1.82, 2.24) is 14.5 Å². The normalized spacial score (nSPS) is 21.8. The number of nitriles is 1. The molecule has 40 heavy (non-hydrogen) atoms. The van der Waals surface area contributed by atoms with Crippen LogP contribution in [-0.2, 0) is 16.1 Å². The van der Waals surface area contributed by atoms with Gasteiger partial charge in [-0.1, -0.05) is 6.07 Å². The molecule has 12 heteroatoms. The van der Waals surface area contributed by atoms with Crippen molar-refractivity contribution < 1.29 is 19.1 Å². The van der Waals surface area contributed by atoms with Gasteiger partial charge in [0.1, 0.15) is 11.9 Å². The minimum absolute atomic E-state index is 0.0682. The average Bonchev–Trinajstić information content (AvgIpc) is 3.30. The third-order valence-electron chi connectivity index (χ3n) is 7.88. The smallest absolute Gasteiger partial charge is 0.416 e. The molecule has 0 spiro atoms. The lowest BCUT2D eigenvalue weighted by atomic mass is 9.87. The molecule has 3 aliphatic rings. The maximum Gasteiger partial charge on any atom is 0.416 e. The van der Waals surface area contributed by atoms with Crippen LogP contribution >= 0.6 is 0 Å². The summed E-state index contributed by atoms with van der Waals surface area (Å²) >= 11 is 0. The molecule has 4 heterocycles. The summed E-state index contributed by atoms with van der Waals surface area (Å²) in [5, 5.41) is 12.9. The first-order valence-electron chi connectivity index (χ1n) is 13.4. The molecule has 2 aromatic heterocycles. The Bertz CT molecular complexity index is 1580. The van der Waals surface area contributed by atoms with Gasteiger partial charge < -0.3 is 25.1 Å². The van der Waals surface area contributed by atoms with Gasteiger partial charge in [-0.15, -0.1) is 0 Å². The van der Waals surface area contributed by atoms with Crippen molar-refractivity contribution in [2.75, 3.05) is 36.5 Å². The first kappa shape index (κ1) is 25.8. The second-order valence-corrected chi connectivity index (χ2v) is 10.2. The van der Waals surface area contributed by atoms with Crippen molar-refractivity contribution in [2.45, 2.75) is 44.0 Å². The van der Waals surface area contributed by atoms with Gasteiger partial charge in [0.15, 0.2) is 18.2 Å². The SMILES string of the molecule is N#Cc1ccc2ccc(=O)n(CCN(CCN)[C@H]3CC[C@H]4[C@@H](C3)OC(=O)N4c3ccc4c(n3)NC(=O)CO4)c2c1. The van der Waals surface area contributed by atoms with Gasteiger partial charge in [0, 0.05) is 44.7 Å². The van der Waals surface area contributed by atoms with Crippen molar-refractivity contribution in [3.63, 3.8) is 0 Å². The number of fused-ring (bicyclic) bond motifs is 3. The standard InChI is InChI=1S/C28H29N7O5/c29-9-10-33(11-12-34-21-13-17(15-30)1-2-18(21)3-8-26(34)37)19-4-5-20-23(14-19)40-28(38)35(20)24-7-6-22-27(31-24)32-25(36)16-39-22/h1-3,6-8,13,19-20,23H,4-5,9-12,14,16,29H2,(H,31,32,36)/t19-,20-,23+/m0/s1. The lowest BCUT2D eigenvalue weighted by molar-refractivity contribution is -0.118. The molecular weight excluding hydrogens is 514 g/mol. The molecule has 2 amide bonds. The Morgan fingerprint density at radius 3 is 2.80 bits per heavy atom. The van der Waals surface area contributed by atoms with Crippen LogP contribution in [-0.4, -0.2) is 70.9 Å². The van der Waals surface area contributed by atoms with E-state index >= 15 is 0 Å². The van der Waals surface area contributed by atoms with Crippen molar-refractivity contribution in [3.8, 4) is 11.8 Å². The summed E-state index contributed by atoms with van der Waals surface area (Å²) in [6.07, 6.45) is 1.34. The molecule has 1 aliphatic carbocycles. The second-order valence-electron chi connectivity index (χ2n) is 10.2. The molecule has 206 valence electrons. The number of hydrogen-bond donors (Lipinski definition) is 2. The number of anilines is 2. The van der Waals surface area contributed by atoms with Gasteiger partial charge in [0.25, 0.3) is 11.5 Å². The fourth-order valence-electron chi connectivity index (χ4n) is 5.98. The van der Waals surface area contributed by atoms with Crippen LogP contribution in [0.15, 0.2) is 47.3 Å². The zero-order chi connectivity index (χ0) is 27.8. The summed E-state index contributed by atoms with van der Waals surface area (Å²) in [6.45, 7) is 2.04. The van der Waals surface area contributed by atoms with E-state index in [1.54, 1.807) is 45.9 Å². The number of ether oxygens (including phenoxy) is 2. The van der Waals surface area contributed by atoms with Crippen LogP contribution in [0.5, 0.6) is 5.75 Å². The average molecular weight is 544 g/mol. The van der Waals surface area contributed by atoms with Crippen LogP contribution in [0.2, 0.25) is 0 Å². The number of aromatic nitrogens is 2. The summed E-state index contributed by atoms with van der Waals surface area (Å²) in [5.74, 6) is 0.864. The summed E-state index contributed by atoms with van der Waals surface area (Å²) in [5.41, 5.74) is 7.07. The summed E-state index contributed by atoms with van der Waals surface area (Å²) < 4.78 is 12.9. The molecule has 1 saturated carbocycles. The monoisotopic (exact) mass is 543 g/mol. The van der Waals surface area contributed by atoms with E-state index in [1.807, 2.05) is 6.07 Å². The first-order valence-corrected chi connectivity index (χ1v) is 13.4. The zero-order valence-corrected chi connectivity index (χ0v) is 21.8. The number of nitrogens with two attached hydrogens (primary N) is 1. The summed E-state index contributed by atoms with van der Waals surface area (Å²) in [6, 6.07) is 14.1. The van der Waals surface area contributed by atoms with Crippen LogP contribution in [0, 0.1) is 11.3 Å². The van der Waals surface area contributed by atoms with E-state index in [-0.39, 0.29) is 36.3 Å². The second kappa shape index (κ2) is 10.6. The molecule has 0 bridgehead atoms. The highest BCUT2D eigenvalue weighted by atomic mass is 16.6. The fourth-order valence-corrected chi connectivity index (χ4v) is 5.98. The van der Waals surface area contributed by atoms with Gasteiger partial charge in [0.05, 0.1) is 23.2 Å². The highest BCUT2D eigenvalue weighted by Gasteiger charge is 2.47. The number of benzene rings is 1. The van der Waals surface area contributed by atoms with E-state index in [0.717, 1.165) is 17.3 Å². The van der Waals surface area contributed by atoms with Gasteiger partial charge in [-0.25, -0.2) is 9.78 Å². The van der Waals surface area contributed by atoms with Crippen LogP contribution < -0.4 is 26.2 Å². The third kappa shape index (κ3) is 4.74. The van der Waals surface area contributed by atoms with Gasteiger partial charge >= 0.3 is 6.09 Å². The van der Waals surface area contributed by atoms with Gasteiger partial charge in [0.2, 0.25) is 0 Å². The number of carbonyl (C=O) groups excluding carboxylic acids is 2. The number of pyridine rings is 2. The maximum atomic E-state index is 13.0. The first-order chi connectivity index (χ1) is 19.4. The van der Waals surface area contributed by atoms with Crippen molar-refractivity contribution in [1.29, 1.82) is 5.26 Å². The molecule has 6 rings (SSSR count). The molecular formula is C28H29N7O5. The molecule has 2 aliphatic heterocycles. The maximum absolute atomic E-state index is 13.0. The van der Waals surface area contributed by atoms with Crippen LogP contribution in [0.25, 0.3) is 10.9 Å². The van der Waals surface area contributed by atoms with Crippen LogP contribution in [0.4, 0.5) is 16.4 Å². The van der Waals surface area contributed by atoms with Crippen LogP contribution in [0.1, 0.15) is 24.8 Å². The number of amides is 2. The Balaban J connectivity index is 1.18. The molecule has 0 radical (unpaired) electrons. The molecule has 1 aromatic carbocycles. The molecule has 2 fully saturated rings. The van der Waals surface area contributed by atoms with E-state index in [0.29, 0.717) is 62.0 Å². The summed E-state index contributed by atoms with van der Waals surface area (Å²) in [4.78, 5) is 45.8. The Hall–Kier alpha value is -4.47. The Kier molecular flexibility index (Phi) is 6.83. The molecule has 3 N–H and O–H groups in total. The number of hydrogen-bond acceptors (Lipinski definition) is 9. The minimum atomic E-state index is -0.466. The molecule has 1 saturated heterocycles. The predicted octanol–water partition coefficient (Wildman–Crippen LogP) is 1.81. The molecule has 3 aromatic rings. The van der Waals surface area contributed by atoms with E-state index in [2.05, 4.69) is 21.3 Å². The van der Waals surface area contributed by atoms with E-state index < -0.39 is 6.09 Å². The zero-order valence-electron chi connectivity index (χ0n) is 21.8. The van der Waals surface area contributed by atoms with Crippen molar-refractivity contribution >= 4 is 34.5 Å². The Labute approximate surface area is 229 Å². The number of nitrogens with zero attached hydrogens (tertiary/aromatic N) is 5. The Morgan fingerprint density at radius 1 is 1.12 bits per heavy atom. The Morgan fingerprint density at radius 2 is 1.98 bits per heavy atom. The van der Waals surface area contributed by atoms with E-state index in [4.69, 9.17) is 15.2 Å². The number of nitrogens with one attached hydrogen (secondary N) is 1. The molecule has 3 atom stereocenters. The van der Waals surface area contributed by atoms with Crippen molar-refractivity contribution in [3.05, 3.63) is 58.4 Å². The minimum Gasteiger partial charge on any atom is -0.480 e. The number of carbonyl (C=O) groups is 2. The van der Waals surface area contributed by atoms with Gasteiger partial charge in [-0.2, -0.15) is 5.26 Å².